The second kappa shape index (κ2) is 10.2. The fourth-order valence-corrected chi connectivity index (χ4v) is 4.19. The van der Waals surface area contributed by atoms with Crippen LogP contribution < -0.4 is 14.8 Å². The highest BCUT2D eigenvalue weighted by molar-refractivity contribution is 7.89. The Hall–Kier alpha value is -3.23. The van der Waals surface area contributed by atoms with Crippen molar-refractivity contribution in [2.24, 2.45) is 0 Å². The lowest BCUT2D eigenvalue weighted by Gasteiger charge is -2.13. The van der Waals surface area contributed by atoms with Crippen LogP contribution in [-0.2, 0) is 23.0 Å². The zero-order chi connectivity index (χ0) is 22.3. The fourth-order valence-electron chi connectivity index (χ4n) is 2.97. The molecule has 0 aliphatic heterocycles. The fraction of sp³-hybridized carbons (Fsp3) is 0.174. The third kappa shape index (κ3) is 6.13. The summed E-state index contributed by atoms with van der Waals surface area (Å²) in [5.41, 5.74) is 1.90. The summed E-state index contributed by atoms with van der Waals surface area (Å²) in [7, 11) is -2.53. The predicted molar refractivity (Wildman–Crippen MR) is 116 cm³/mol. The molecule has 3 rings (SSSR count). The Morgan fingerprint density at radius 2 is 1.68 bits per heavy atom. The Morgan fingerprint density at radius 3 is 2.35 bits per heavy atom. The standard InChI is InChI=1S/C23H23FN2O4S/c1-30-21-12-9-19(23(27)25-16-18-7-10-20(24)11-8-18)15-22(21)31(28,29)26-14-13-17-5-3-2-4-6-17/h2-12,15,26H,13-14,16H2,1H3,(H,25,27). The molecule has 3 aromatic rings. The molecule has 162 valence electrons. The molecular weight excluding hydrogens is 419 g/mol. The van der Waals surface area contributed by atoms with Crippen LogP contribution in [0, 0.1) is 5.82 Å². The zero-order valence-corrected chi connectivity index (χ0v) is 17.8. The Bertz CT molecular complexity index is 1130. The SMILES string of the molecule is COc1ccc(C(=O)NCc2ccc(F)cc2)cc1S(=O)(=O)NCCc1ccccc1. The molecule has 2 N–H and O–H groups in total. The van der Waals surface area contributed by atoms with E-state index in [0.717, 1.165) is 11.1 Å². The molecule has 0 aliphatic carbocycles. The van der Waals surface area contributed by atoms with E-state index < -0.39 is 15.9 Å². The number of amides is 1. The number of hydrogen-bond acceptors (Lipinski definition) is 4. The highest BCUT2D eigenvalue weighted by atomic mass is 32.2. The lowest BCUT2D eigenvalue weighted by molar-refractivity contribution is 0.0950. The van der Waals surface area contributed by atoms with Crippen LogP contribution >= 0.6 is 0 Å². The van der Waals surface area contributed by atoms with E-state index >= 15 is 0 Å². The lowest BCUT2D eigenvalue weighted by atomic mass is 10.2. The van der Waals surface area contributed by atoms with Crippen molar-refractivity contribution in [1.29, 1.82) is 0 Å². The number of rotatable bonds is 9. The zero-order valence-electron chi connectivity index (χ0n) is 17.0. The van der Waals surface area contributed by atoms with Gasteiger partial charge in [0.25, 0.3) is 5.91 Å². The number of methoxy groups -OCH3 is 1. The van der Waals surface area contributed by atoms with Crippen LogP contribution in [0.15, 0.2) is 77.7 Å². The van der Waals surface area contributed by atoms with Crippen LogP contribution in [0.2, 0.25) is 0 Å². The maximum absolute atomic E-state index is 13.0. The van der Waals surface area contributed by atoms with E-state index in [1.165, 1.54) is 37.4 Å². The second-order valence-electron chi connectivity index (χ2n) is 6.81. The van der Waals surface area contributed by atoms with Gasteiger partial charge in [-0.05, 0) is 47.9 Å². The molecule has 0 heterocycles. The molecule has 0 unspecified atom stereocenters. The van der Waals surface area contributed by atoms with E-state index in [4.69, 9.17) is 4.74 Å². The van der Waals surface area contributed by atoms with Gasteiger partial charge >= 0.3 is 0 Å². The Kier molecular flexibility index (Phi) is 7.38. The summed E-state index contributed by atoms with van der Waals surface area (Å²) in [6.07, 6.45) is 0.528. The first kappa shape index (κ1) is 22.5. The van der Waals surface area contributed by atoms with Crippen molar-refractivity contribution in [1.82, 2.24) is 10.0 Å². The molecule has 0 bridgehead atoms. The molecule has 31 heavy (non-hydrogen) atoms. The average molecular weight is 443 g/mol. The number of carbonyl (C=O) groups is 1. The summed E-state index contributed by atoms with van der Waals surface area (Å²) < 4.78 is 46.4. The van der Waals surface area contributed by atoms with Gasteiger partial charge in [-0.25, -0.2) is 17.5 Å². The van der Waals surface area contributed by atoms with Gasteiger partial charge in [0.2, 0.25) is 10.0 Å². The third-order valence-corrected chi connectivity index (χ3v) is 6.11. The largest absolute Gasteiger partial charge is 0.495 e. The molecule has 0 atom stereocenters. The van der Waals surface area contributed by atoms with Crippen molar-refractivity contribution >= 4 is 15.9 Å². The molecule has 6 nitrogen and oxygen atoms in total. The van der Waals surface area contributed by atoms with Crippen LogP contribution in [0.1, 0.15) is 21.5 Å². The maximum Gasteiger partial charge on any atom is 0.251 e. The Labute approximate surface area is 181 Å². The van der Waals surface area contributed by atoms with E-state index in [1.807, 2.05) is 30.3 Å². The summed E-state index contributed by atoms with van der Waals surface area (Å²) in [5.74, 6) is -0.671. The van der Waals surface area contributed by atoms with E-state index in [2.05, 4.69) is 10.0 Å². The molecule has 0 aromatic heterocycles. The van der Waals surface area contributed by atoms with Gasteiger partial charge < -0.3 is 10.1 Å². The molecule has 0 radical (unpaired) electrons. The molecule has 1 amide bonds. The van der Waals surface area contributed by atoms with Crippen molar-refractivity contribution in [3.05, 3.63) is 95.3 Å². The number of nitrogens with one attached hydrogen (secondary N) is 2. The molecular formula is C23H23FN2O4S. The van der Waals surface area contributed by atoms with Gasteiger partial charge in [-0.15, -0.1) is 0 Å². The number of hydrogen-bond donors (Lipinski definition) is 2. The van der Waals surface area contributed by atoms with Crippen molar-refractivity contribution in [3.8, 4) is 5.75 Å². The summed E-state index contributed by atoms with van der Waals surface area (Å²) in [6, 6.07) is 19.5. The third-order valence-electron chi connectivity index (χ3n) is 4.63. The maximum atomic E-state index is 13.0. The van der Waals surface area contributed by atoms with Crippen molar-refractivity contribution < 1.29 is 22.3 Å². The van der Waals surface area contributed by atoms with E-state index in [1.54, 1.807) is 12.1 Å². The summed E-state index contributed by atoms with van der Waals surface area (Å²) in [5, 5.41) is 2.70. The lowest BCUT2D eigenvalue weighted by Crippen LogP contribution is -2.27. The van der Waals surface area contributed by atoms with Gasteiger partial charge in [-0.1, -0.05) is 42.5 Å². The quantitative estimate of drug-likeness (QED) is 0.533. The minimum atomic E-state index is -3.90. The molecule has 0 saturated heterocycles. The summed E-state index contributed by atoms with van der Waals surface area (Å²) in [6.45, 7) is 0.388. The average Bonchev–Trinajstić information content (AvgIpc) is 2.78. The molecule has 0 saturated carbocycles. The number of benzene rings is 3. The monoisotopic (exact) mass is 442 g/mol. The van der Waals surface area contributed by atoms with Crippen LogP contribution in [0.5, 0.6) is 5.75 Å². The molecule has 3 aromatic carbocycles. The van der Waals surface area contributed by atoms with Gasteiger partial charge in [0.15, 0.2) is 0 Å². The highest BCUT2D eigenvalue weighted by Gasteiger charge is 2.21. The molecule has 8 heteroatoms. The number of sulfonamides is 1. The van der Waals surface area contributed by atoms with Crippen LogP contribution in [0.4, 0.5) is 4.39 Å². The van der Waals surface area contributed by atoms with Gasteiger partial charge in [0, 0.05) is 18.7 Å². The first-order valence-corrected chi connectivity index (χ1v) is 11.1. The van der Waals surface area contributed by atoms with Crippen LogP contribution in [0.3, 0.4) is 0 Å². The van der Waals surface area contributed by atoms with Crippen molar-refractivity contribution in [2.75, 3.05) is 13.7 Å². The summed E-state index contributed by atoms with van der Waals surface area (Å²) in [4.78, 5) is 12.4. The predicted octanol–water partition coefficient (Wildman–Crippen LogP) is 3.29. The van der Waals surface area contributed by atoms with Crippen molar-refractivity contribution in [2.45, 2.75) is 17.9 Å². The summed E-state index contributed by atoms with van der Waals surface area (Å²) >= 11 is 0. The van der Waals surface area contributed by atoms with E-state index in [9.17, 15) is 17.6 Å². The minimum Gasteiger partial charge on any atom is -0.495 e. The Balaban J connectivity index is 1.71. The number of ether oxygens (including phenoxy) is 1. The first-order valence-electron chi connectivity index (χ1n) is 9.63. The molecule has 0 fully saturated rings. The second-order valence-corrected chi connectivity index (χ2v) is 8.54. The van der Waals surface area contributed by atoms with Gasteiger partial charge in [0.1, 0.15) is 16.5 Å². The van der Waals surface area contributed by atoms with Gasteiger partial charge in [0.05, 0.1) is 7.11 Å². The first-order chi connectivity index (χ1) is 14.9. The minimum absolute atomic E-state index is 0.113. The number of carbonyl (C=O) groups excluding carboxylic acids is 1. The number of halogens is 1. The normalized spacial score (nSPS) is 11.2. The molecule has 0 spiro atoms. The Morgan fingerprint density at radius 1 is 0.968 bits per heavy atom. The molecule has 0 aliphatic rings. The van der Waals surface area contributed by atoms with E-state index in [-0.39, 0.29) is 35.1 Å². The highest BCUT2D eigenvalue weighted by Crippen LogP contribution is 2.25. The van der Waals surface area contributed by atoms with E-state index in [0.29, 0.717) is 6.42 Å². The van der Waals surface area contributed by atoms with Gasteiger partial charge in [-0.2, -0.15) is 0 Å². The van der Waals surface area contributed by atoms with Crippen molar-refractivity contribution in [3.63, 3.8) is 0 Å². The smallest absolute Gasteiger partial charge is 0.251 e. The van der Waals surface area contributed by atoms with Gasteiger partial charge in [-0.3, -0.25) is 4.79 Å². The van der Waals surface area contributed by atoms with Crippen LogP contribution in [-0.4, -0.2) is 28.0 Å². The topological polar surface area (TPSA) is 84.5 Å². The van der Waals surface area contributed by atoms with Crippen LogP contribution in [0.25, 0.3) is 0 Å².